The Hall–Kier alpha value is -3.61. The maximum absolute atomic E-state index is 13.9. The first-order valence-corrected chi connectivity index (χ1v) is 13.1. The highest BCUT2D eigenvalue weighted by Gasteiger charge is 2.33. The molecule has 4 rings (SSSR count). The first kappa shape index (κ1) is 26.5. The Labute approximate surface area is 226 Å². The number of carbonyl (C=O) groups is 1. The van der Waals surface area contributed by atoms with E-state index < -0.39 is 12.0 Å². The third-order valence-corrected chi connectivity index (χ3v) is 7.21. The van der Waals surface area contributed by atoms with Crippen LogP contribution in [0.25, 0.3) is 6.08 Å². The minimum Gasteiger partial charge on any atom is -0.493 e. The average molecular weight is 581 g/mol. The van der Waals surface area contributed by atoms with Crippen LogP contribution in [0.2, 0.25) is 0 Å². The highest BCUT2D eigenvalue weighted by molar-refractivity contribution is 9.10. The second-order valence-corrected chi connectivity index (χ2v) is 10.2. The van der Waals surface area contributed by atoms with Gasteiger partial charge in [-0.25, -0.2) is 9.79 Å². The molecular weight excluding hydrogens is 556 g/mol. The Bertz CT molecular complexity index is 1610. The molecule has 1 aromatic heterocycles. The van der Waals surface area contributed by atoms with Crippen molar-refractivity contribution in [2.45, 2.75) is 26.8 Å². The Morgan fingerprint density at radius 2 is 2.00 bits per heavy atom. The van der Waals surface area contributed by atoms with Crippen molar-refractivity contribution in [2.24, 2.45) is 4.99 Å². The highest BCUT2D eigenvalue weighted by Crippen LogP contribution is 2.35. The average Bonchev–Trinajstić information content (AvgIpc) is 3.17. The minimum atomic E-state index is -0.674. The highest BCUT2D eigenvalue weighted by atomic mass is 79.9. The van der Waals surface area contributed by atoms with Crippen molar-refractivity contribution in [3.63, 3.8) is 0 Å². The number of halogens is 1. The van der Waals surface area contributed by atoms with Gasteiger partial charge in [-0.15, -0.1) is 6.42 Å². The first-order chi connectivity index (χ1) is 17.8. The number of esters is 1. The molecule has 7 nitrogen and oxygen atoms in total. The lowest BCUT2D eigenvalue weighted by Gasteiger charge is -2.24. The van der Waals surface area contributed by atoms with Gasteiger partial charge < -0.3 is 14.2 Å². The van der Waals surface area contributed by atoms with Crippen molar-refractivity contribution in [3.8, 4) is 23.8 Å². The van der Waals surface area contributed by atoms with Gasteiger partial charge in [-0.05, 0) is 44.5 Å². The number of hydrogen-bond donors (Lipinski definition) is 0. The van der Waals surface area contributed by atoms with Crippen molar-refractivity contribution in [2.75, 3.05) is 20.3 Å². The number of hydrogen-bond acceptors (Lipinski definition) is 7. The summed E-state index contributed by atoms with van der Waals surface area (Å²) in [5, 5.41) is 0. The number of rotatable bonds is 7. The monoisotopic (exact) mass is 580 g/mol. The number of thiazole rings is 1. The summed E-state index contributed by atoms with van der Waals surface area (Å²) in [6, 6.07) is 10.6. The van der Waals surface area contributed by atoms with Crippen molar-refractivity contribution < 1.29 is 19.0 Å². The molecule has 0 radical (unpaired) electrons. The minimum absolute atomic E-state index is 0.0373. The van der Waals surface area contributed by atoms with Crippen LogP contribution in [0.15, 0.2) is 61.9 Å². The molecule has 1 aliphatic rings. The van der Waals surface area contributed by atoms with Crippen molar-refractivity contribution in [1.82, 2.24) is 4.57 Å². The van der Waals surface area contributed by atoms with Crippen LogP contribution >= 0.6 is 27.3 Å². The quantitative estimate of drug-likeness (QED) is 0.313. The molecule has 0 unspecified atom stereocenters. The Morgan fingerprint density at radius 3 is 2.65 bits per heavy atom. The van der Waals surface area contributed by atoms with Gasteiger partial charge in [-0.1, -0.05) is 63.0 Å². The topological polar surface area (TPSA) is 79.1 Å². The molecule has 3 aromatic rings. The molecule has 0 bridgehead atoms. The van der Waals surface area contributed by atoms with Crippen LogP contribution < -0.4 is 24.4 Å². The van der Waals surface area contributed by atoms with E-state index in [2.05, 4.69) is 26.8 Å². The molecule has 0 aliphatic carbocycles. The number of fused-ring (bicyclic) bond motifs is 1. The Balaban J connectivity index is 1.97. The van der Waals surface area contributed by atoms with Crippen LogP contribution in [0, 0.1) is 19.3 Å². The molecule has 1 atom stereocenters. The first-order valence-electron chi connectivity index (χ1n) is 11.5. The molecule has 2 aromatic carbocycles. The molecule has 1 aliphatic heterocycles. The van der Waals surface area contributed by atoms with Crippen LogP contribution in [0.5, 0.6) is 11.5 Å². The number of aryl methyl sites for hydroxylation is 1. The number of terminal acetylenes is 1. The van der Waals surface area contributed by atoms with Gasteiger partial charge in [0.25, 0.3) is 5.56 Å². The van der Waals surface area contributed by atoms with Gasteiger partial charge in [-0.2, -0.15) is 0 Å². The summed E-state index contributed by atoms with van der Waals surface area (Å²) in [4.78, 5) is 32.0. The lowest BCUT2D eigenvalue weighted by atomic mass is 9.95. The smallest absolute Gasteiger partial charge is 0.338 e. The SMILES string of the molecule is C#CCOc1c(/C=c2\sc3n(c2=O)[C@H](c2ccc(C)cc2)C(C(=O)OCC)=C(C)N=3)cc(Br)cc1OC. The van der Waals surface area contributed by atoms with Gasteiger partial charge >= 0.3 is 5.97 Å². The van der Waals surface area contributed by atoms with Crippen LogP contribution in [0.4, 0.5) is 0 Å². The molecular formula is C28H25BrN2O5S. The molecule has 190 valence electrons. The second-order valence-electron chi connectivity index (χ2n) is 8.23. The van der Waals surface area contributed by atoms with E-state index in [9.17, 15) is 9.59 Å². The van der Waals surface area contributed by atoms with E-state index >= 15 is 0 Å². The summed E-state index contributed by atoms with van der Waals surface area (Å²) in [6.07, 6.45) is 7.12. The molecule has 9 heteroatoms. The number of nitrogens with zero attached hydrogens (tertiary/aromatic N) is 2. The molecule has 0 N–H and O–H groups in total. The van der Waals surface area contributed by atoms with E-state index in [0.717, 1.165) is 15.6 Å². The zero-order chi connectivity index (χ0) is 26.7. The number of allylic oxidation sites excluding steroid dienone is 1. The van der Waals surface area contributed by atoms with E-state index in [4.69, 9.17) is 20.6 Å². The molecule has 2 heterocycles. The Kier molecular flexibility index (Phi) is 8.00. The maximum Gasteiger partial charge on any atom is 0.338 e. The summed E-state index contributed by atoms with van der Waals surface area (Å²) in [7, 11) is 1.53. The van der Waals surface area contributed by atoms with Gasteiger partial charge in [0.1, 0.15) is 6.61 Å². The van der Waals surface area contributed by atoms with E-state index in [1.54, 1.807) is 30.6 Å². The fraction of sp³-hybridized carbons (Fsp3) is 0.250. The normalized spacial score (nSPS) is 15.0. The molecule has 0 amide bonds. The lowest BCUT2D eigenvalue weighted by molar-refractivity contribution is -0.139. The number of benzene rings is 2. The van der Waals surface area contributed by atoms with Gasteiger partial charge in [0.05, 0.1) is 35.6 Å². The molecule has 0 fully saturated rings. The maximum atomic E-state index is 13.9. The van der Waals surface area contributed by atoms with Gasteiger partial charge in [0, 0.05) is 10.0 Å². The lowest BCUT2D eigenvalue weighted by Crippen LogP contribution is -2.39. The fourth-order valence-electron chi connectivity index (χ4n) is 4.11. The summed E-state index contributed by atoms with van der Waals surface area (Å²) in [5.74, 6) is 2.85. The second kappa shape index (κ2) is 11.2. The van der Waals surface area contributed by atoms with Gasteiger partial charge in [0.15, 0.2) is 16.3 Å². The Morgan fingerprint density at radius 1 is 1.27 bits per heavy atom. The van der Waals surface area contributed by atoms with Crippen LogP contribution in [0.3, 0.4) is 0 Å². The van der Waals surface area contributed by atoms with Crippen molar-refractivity contribution in [1.29, 1.82) is 0 Å². The number of ether oxygens (including phenoxy) is 3. The van der Waals surface area contributed by atoms with E-state index in [0.29, 0.717) is 37.7 Å². The molecule has 0 saturated carbocycles. The molecule has 37 heavy (non-hydrogen) atoms. The zero-order valence-electron chi connectivity index (χ0n) is 20.8. The third-order valence-electron chi connectivity index (χ3n) is 5.76. The summed E-state index contributed by atoms with van der Waals surface area (Å²) >= 11 is 4.72. The fourth-order valence-corrected chi connectivity index (χ4v) is 5.60. The van der Waals surface area contributed by atoms with Crippen LogP contribution in [-0.2, 0) is 9.53 Å². The largest absolute Gasteiger partial charge is 0.493 e. The number of carbonyl (C=O) groups excluding carboxylic acids is 1. The number of methoxy groups -OCH3 is 1. The third kappa shape index (κ3) is 5.26. The van der Waals surface area contributed by atoms with Crippen molar-refractivity contribution >= 4 is 39.3 Å². The molecule has 0 spiro atoms. The zero-order valence-corrected chi connectivity index (χ0v) is 23.2. The van der Waals surface area contributed by atoms with E-state index in [1.165, 1.54) is 18.4 Å². The van der Waals surface area contributed by atoms with Gasteiger partial charge in [-0.3, -0.25) is 9.36 Å². The summed E-state index contributed by atoms with van der Waals surface area (Å²) < 4.78 is 19.3. The van der Waals surface area contributed by atoms with Gasteiger partial charge in [0.2, 0.25) is 0 Å². The number of aromatic nitrogens is 1. The predicted octanol–water partition coefficient (Wildman–Crippen LogP) is 3.89. The summed E-state index contributed by atoms with van der Waals surface area (Å²) in [6.45, 7) is 5.74. The van der Waals surface area contributed by atoms with Crippen molar-refractivity contribution in [3.05, 3.63) is 88.5 Å². The van der Waals surface area contributed by atoms with E-state index in [-0.39, 0.29) is 18.8 Å². The standard InChI is InChI=1S/C28H25BrN2O5S/c1-6-12-36-25-19(13-20(29)15-21(25)34-5)14-22-26(32)31-24(18-10-8-16(3)9-11-18)23(27(33)35-7-2)17(4)30-28(31)37-22/h1,8-11,13-15,24H,7,12H2,2-5H3/b22-14-/t24-/m1/s1. The van der Waals surface area contributed by atoms with Crippen LogP contribution in [0.1, 0.15) is 36.6 Å². The predicted molar refractivity (Wildman–Crippen MR) is 147 cm³/mol. The van der Waals surface area contributed by atoms with Crippen LogP contribution in [-0.4, -0.2) is 30.9 Å². The summed E-state index contributed by atoms with van der Waals surface area (Å²) in [5.41, 5.74) is 3.03. The van der Waals surface area contributed by atoms with E-state index in [1.807, 2.05) is 37.3 Å². The molecule has 0 saturated heterocycles.